The molecular formula is C31H30O10. The van der Waals surface area contributed by atoms with Crippen molar-refractivity contribution in [2.24, 2.45) is 0 Å². The minimum atomic E-state index is -1.38. The number of carbonyl (C=O) groups is 4. The third-order valence-electron chi connectivity index (χ3n) is 6.12. The van der Waals surface area contributed by atoms with Crippen LogP contribution in [0, 0.1) is 0 Å². The van der Waals surface area contributed by atoms with Crippen LogP contribution in [0.25, 0.3) is 0 Å². The molecule has 0 saturated carbocycles. The zero-order valence-corrected chi connectivity index (χ0v) is 22.5. The zero-order valence-electron chi connectivity index (χ0n) is 22.5. The summed E-state index contributed by atoms with van der Waals surface area (Å²) in [6.45, 7) is 2.63. The van der Waals surface area contributed by atoms with Crippen LogP contribution in [0.3, 0.4) is 0 Å². The van der Waals surface area contributed by atoms with Gasteiger partial charge in [-0.25, -0.2) is 14.4 Å². The van der Waals surface area contributed by atoms with E-state index in [-0.39, 0.29) is 17.7 Å². The van der Waals surface area contributed by atoms with Crippen LogP contribution in [0.15, 0.2) is 91.0 Å². The fraction of sp³-hybridized carbons (Fsp3) is 0.290. The van der Waals surface area contributed by atoms with Crippen LogP contribution in [-0.4, -0.2) is 67.8 Å². The Hall–Kier alpha value is -4.54. The fourth-order valence-electron chi connectivity index (χ4n) is 4.25. The highest BCUT2D eigenvalue weighted by Crippen LogP contribution is 2.31. The minimum Gasteiger partial charge on any atom is -0.459 e. The molecule has 1 aliphatic heterocycles. The van der Waals surface area contributed by atoms with Crippen LogP contribution in [0.2, 0.25) is 0 Å². The molecule has 5 atom stereocenters. The molecule has 0 aliphatic carbocycles. The molecule has 2 unspecified atom stereocenters. The maximum Gasteiger partial charge on any atom is 0.338 e. The van der Waals surface area contributed by atoms with Crippen LogP contribution in [0.4, 0.5) is 0 Å². The van der Waals surface area contributed by atoms with E-state index in [0.29, 0.717) is 5.56 Å². The average molecular weight is 563 g/mol. The smallest absolute Gasteiger partial charge is 0.338 e. The lowest BCUT2D eigenvalue weighted by atomic mass is 9.97. The largest absolute Gasteiger partial charge is 0.459 e. The first-order valence-electron chi connectivity index (χ1n) is 13.1. The number of carbonyl (C=O) groups excluding carboxylic acids is 4. The SMILES string of the molecule is CCO[C@@H]1OC(COC(=O)c2ccccc2)[C@H](OC(=O)c2ccccc2)[C@H](OC(=O)c2ccccc2)C1OC(C)=O. The minimum absolute atomic E-state index is 0.146. The second kappa shape index (κ2) is 14.2. The van der Waals surface area contributed by atoms with E-state index in [0.717, 1.165) is 0 Å². The Morgan fingerprint density at radius 3 is 1.56 bits per heavy atom. The van der Waals surface area contributed by atoms with Crippen molar-refractivity contribution in [3.05, 3.63) is 108 Å². The van der Waals surface area contributed by atoms with Crippen molar-refractivity contribution in [1.29, 1.82) is 0 Å². The molecule has 0 aromatic heterocycles. The average Bonchev–Trinajstić information content (AvgIpc) is 3.00. The van der Waals surface area contributed by atoms with E-state index in [2.05, 4.69) is 0 Å². The highest BCUT2D eigenvalue weighted by molar-refractivity contribution is 5.91. The van der Waals surface area contributed by atoms with Gasteiger partial charge in [0.05, 0.1) is 16.7 Å². The van der Waals surface area contributed by atoms with Crippen LogP contribution in [0.5, 0.6) is 0 Å². The Balaban J connectivity index is 1.69. The van der Waals surface area contributed by atoms with Crippen molar-refractivity contribution in [3.63, 3.8) is 0 Å². The number of rotatable bonds is 10. The molecule has 3 aromatic carbocycles. The van der Waals surface area contributed by atoms with Gasteiger partial charge in [0, 0.05) is 13.5 Å². The van der Waals surface area contributed by atoms with Crippen LogP contribution < -0.4 is 0 Å². The van der Waals surface area contributed by atoms with E-state index in [1.807, 2.05) is 0 Å². The topological polar surface area (TPSA) is 124 Å². The first-order chi connectivity index (χ1) is 19.9. The lowest BCUT2D eigenvalue weighted by Crippen LogP contribution is -2.63. The first-order valence-corrected chi connectivity index (χ1v) is 13.1. The van der Waals surface area contributed by atoms with Crippen LogP contribution in [-0.2, 0) is 33.2 Å². The van der Waals surface area contributed by atoms with Crippen LogP contribution in [0.1, 0.15) is 44.9 Å². The highest BCUT2D eigenvalue weighted by Gasteiger charge is 2.53. The Labute approximate surface area is 237 Å². The van der Waals surface area contributed by atoms with Gasteiger partial charge in [-0.1, -0.05) is 54.6 Å². The van der Waals surface area contributed by atoms with Gasteiger partial charge in [-0.05, 0) is 43.3 Å². The maximum atomic E-state index is 13.2. The quantitative estimate of drug-likeness (QED) is 0.265. The van der Waals surface area contributed by atoms with E-state index in [1.54, 1.807) is 97.9 Å². The lowest BCUT2D eigenvalue weighted by Gasteiger charge is -2.44. The molecule has 1 fully saturated rings. The predicted molar refractivity (Wildman–Crippen MR) is 144 cm³/mol. The number of esters is 4. The summed E-state index contributed by atoms with van der Waals surface area (Å²) in [4.78, 5) is 51.2. The zero-order chi connectivity index (χ0) is 29.2. The van der Waals surface area contributed by atoms with Crippen molar-refractivity contribution in [2.45, 2.75) is 44.6 Å². The monoisotopic (exact) mass is 562 g/mol. The molecule has 0 spiro atoms. The lowest BCUT2D eigenvalue weighted by molar-refractivity contribution is -0.301. The van der Waals surface area contributed by atoms with Crippen molar-refractivity contribution in [2.75, 3.05) is 13.2 Å². The predicted octanol–water partition coefficient (Wildman–Crippen LogP) is 3.99. The van der Waals surface area contributed by atoms with Gasteiger partial charge in [-0.2, -0.15) is 0 Å². The summed E-state index contributed by atoms with van der Waals surface area (Å²) in [7, 11) is 0. The molecule has 41 heavy (non-hydrogen) atoms. The molecule has 0 N–H and O–H groups in total. The molecule has 3 aromatic rings. The molecule has 0 radical (unpaired) electrons. The molecule has 10 nitrogen and oxygen atoms in total. The summed E-state index contributed by atoms with van der Waals surface area (Å²) in [6, 6.07) is 24.6. The summed E-state index contributed by atoms with van der Waals surface area (Å²) in [5.41, 5.74) is 0.734. The molecule has 1 saturated heterocycles. The van der Waals surface area contributed by atoms with Crippen molar-refractivity contribution in [1.82, 2.24) is 0 Å². The number of hydrogen-bond acceptors (Lipinski definition) is 10. The van der Waals surface area contributed by atoms with Gasteiger partial charge >= 0.3 is 23.9 Å². The molecule has 0 bridgehead atoms. The van der Waals surface area contributed by atoms with Gasteiger partial charge in [0.2, 0.25) is 0 Å². The van der Waals surface area contributed by atoms with Gasteiger partial charge in [0.15, 0.2) is 24.6 Å². The van der Waals surface area contributed by atoms with Crippen LogP contribution >= 0.6 is 0 Å². The van der Waals surface area contributed by atoms with Gasteiger partial charge in [-0.15, -0.1) is 0 Å². The van der Waals surface area contributed by atoms with Gasteiger partial charge in [0.1, 0.15) is 12.7 Å². The maximum absolute atomic E-state index is 13.2. The number of benzene rings is 3. The summed E-state index contributed by atoms with van der Waals surface area (Å²) in [6.07, 6.45) is -6.45. The van der Waals surface area contributed by atoms with E-state index >= 15 is 0 Å². The Morgan fingerprint density at radius 1 is 0.634 bits per heavy atom. The van der Waals surface area contributed by atoms with Gasteiger partial charge < -0.3 is 28.4 Å². The van der Waals surface area contributed by atoms with E-state index in [9.17, 15) is 19.2 Å². The normalized spacial score (nSPS) is 21.8. The summed E-state index contributed by atoms with van der Waals surface area (Å²) in [5.74, 6) is -2.86. The molecule has 4 rings (SSSR count). The number of ether oxygens (including phenoxy) is 6. The Kier molecular flexibility index (Phi) is 10.2. The second-order valence-corrected chi connectivity index (χ2v) is 9.01. The van der Waals surface area contributed by atoms with Crippen molar-refractivity contribution >= 4 is 23.9 Å². The Morgan fingerprint density at radius 2 is 1.10 bits per heavy atom. The summed E-state index contributed by atoms with van der Waals surface area (Å²) in [5, 5.41) is 0. The number of hydrogen-bond donors (Lipinski definition) is 0. The van der Waals surface area contributed by atoms with Crippen molar-refractivity contribution < 1.29 is 47.6 Å². The molecule has 214 valence electrons. The molecular weight excluding hydrogens is 532 g/mol. The van der Waals surface area contributed by atoms with E-state index in [1.165, 1.54) is 6.92 Å². The molecule has 0 amide bonds. The first kappa shape index (κ1) is 29.4. The fourth-order valence-corrected chi connectivity index (χ4v) is 4.25. The standard InChI is InChI=1S/C31H30O10/c1-3-36-31-27(38-20(2)32)26(41-30(35)23-17-11-6-12-18-23)25(40-29(34)22-15-9-5-10-16-22)24(39-31)19-37-28(33)21-13-7-4-8-14-21/h4-18,24-27,31H,3,19H2,1-2H3/t24?,25-,26-,27?,31+/m0/s1. The Bertz CT molecular complexity index is 1310. The molecule has 10 heteroatoms. The molecule has 1 aliphatic rings. The highest BCUT2D eigenvalue weighted by atomic mass is 16.7. The molecule has 1 heterocycles. The third kappa shape index (κ3) is 7.77. The van der Waals surface area contributed by atoms with E-state index < -0.39 is 61.2 Å². The second-order valence-electron chi connectivity index (χ2n) is 9.01. The van der Waals surface area contributed by atoms with E-state index in [4.69, 9.17) is 28.4 Å². The van der Waals surface area contributed by atoms with Gasteiger partial charge in [-0.3, -0.25) is 4.79 Å². The summed E-state index contributed by atoms with van der Waals surface area (Å²) < 4.78 is 34.4. The summed E-state index contributed by atoms with van der Waals surface area (Å²) >= 11 is 0. The van der Waals surface area contributed by atoms with Gasteiger partial charge in [0.25, 0.3) is 0 Å². The van der Waals surface area contributed by atoms with Crippen molar-refractivity contribution in [3.8, 4) is 0 Å². The third-order valence-corrected chi connectivity index (χ3v) is 6.12.